The lowest BCUT2D eigenvalue weighted by molar-refractivity contribution is 0.469. The molecule has 2 aromatic carbocycles. The summed E-state index contributed by atoms with van der Waals surface area (Å²) in [7, 11) is 0. The first-order valence-corrected chi connectivity index (χ1v) is 6.75. The molecule has 0 aliphatic rings. The number of aryl methyl sites for hydroxylation is 1. The van der Waals surface area contributed by atoms with Gasteiger partial charge in [0.25, 0.3) is 0 Å². The molecule has 3 heteroatoms. The fraction of sp³-hybridized carbons (Fsp3) is 0.294. The normalized spacial score (nSPS) is 14.1. The Morgan fingerprint density at radius 3 is 2.20 bits per heavy atom. The predicted molar refractivity (Wildman–Crippen MR) is 77.5 cm³/mol. The van der Waals surface area contributed by atoms with Gasteiger partial charge in [0.05, 0.1) is 0 Å². The molecular formula is C17H19F2N. The summed E-state index contributed by atoms with van der Waals surface area (Å²) in [5.74, 6) is -1.06. The molecule has 0 bridgehead atoms. The van der Waals surface area contributed by atoms with Crippen LogP contribution in [0, 0.1) is 18.6 Å². The molecule has 2 atom stereocenters. The standard InChI is InChI=1S/C17H19F2N/c1-11-6-4-5-7-15(11)12(2)20-13(3)16-9-8-14(18)10-17(16)19/h4-10,12-13,20H,1-3H3/t12-,13?/m1/s1. The Kier molecular flexibility index (Phi) is 4.50. The van der Waals surface area contributed by atoms with Gasteiger partial charge in [-0.05, 0) is 38.0 Å². The van der Waals surface area contributed by atoms with Crippen molar-refractivity contribution in [2.75, 3.05) is 0 Å². The van der Waals surface area contributed by atoms with E-state index in [1.165, 1.54) is 23.3 Å². The summed E-state index contributed by atoms with van der Waals surface area (Å²) in [5, 5.41) is 3.35. The van der Waals surface area contributed by atoms with Crippen LogP contribution in [-0.4, -0.2) is 0 Å². The van der Waals surface area contributed by atoms with Crippen LogP contribution in [0.3, 0.4) is 0 Å². The van der Waals surface area contributed by atoms with Crippen molar-refractivity contribution in [3.63, 3.8) is 0 Å². The fourth-order valence-electron chi connectivity index (χ4n) is 2.48. The van der Waals surface area contributed by atoms with Crippen LogP contribution in [0.5, 0.6) is 0 Å². The first-order valence-electron chi connectivity index (χ1n) is 6.75. The Hall–Kier alpha value is -1.74. The molecule has 0 radical (unpaired) electrons. The summed E-state index contributed by atoms with van der Waals surface area (Å²) in [5.41, 5.74) is 2.85. The van der Waals surface area contributed by atoms with E-state index in [0.29, 0.717) is 5.56 Å². The number of halogens is 2. The minimum atomic E-state index is -0.551. The smallest absolute Gasteiger partial charge is 0.130 e. The van der Waals surface area contributed by atoms with Gasteiger partial charge in [0.2, 0.25) is 0 Å². The van der Waals surface area contributed by atoms with Gasteiger partial charge in [-0.25, -0.2) is 8.78 Å². The van der Waals surface area contributed by atoms with Crippen LogP contribution >= 0.6 is 0 Å². The molecule has 0 aromatic heterocycles. The maximum absolute atomic E-state index is 13.8. The molecule has 0 amide bonds. The topological polar surface area (TPSA) is 12.0 Å². The molecule has 1 unspecified atom stereocenters. The lowest BCUT2D eigenvalue weighted by Gasteiger charge is -2.22. The molecule has 20 heavy (non-hydrogen) atoms. The molecule has 1 nitrogen and oxygen atoms in total. The lowest BCUT2D eigenvalue weighted by Crippen LogP contribution is -2.23. The molecule has 0 heterocycles. The van der Waals surface area contributed by atoms with E-state index in [4.69, 9.17) is 0 Å². The maximum Gasteiger partial charge on any atom is 0.130 e. The van der Waals surface area contributed by atoms with Crippen molar-refractivity contribution >= 4 is 0 Å². The predicted octanol–water partition coefficient (Wildman–Crippen LogP) is 4.69. The summed E-state index contributed by atoms with van der Waals surface area (Å²) < 4.78 is 26.7. The third-order valence-corrected chi connectivity index (χ3v) is 3.58. The Bertz CT molecular complexity index is 595. The molecule has 1 N–H and O–H groups in total. The van der Waals surface area contributed by atoms with Crippen LogP contribution in [0.25, 0.3) is 0 Å². The van der Waals surface area contributed by atoms with E-state index in [0.717, 1.165) is 6.07 Å². The molecule has 0 aliphatic carbocycles. The van der Waals surface area contributed by atoms with Crippen molar-refractivity contribution in [3.05, 3.63) is 70.8 Å². The van der Waals surface area contributed by atoms with Crippen LogP contribution in [0.1, 0.15) is 42.6 Å². The average molecular weight is 275 g/mol. The van der Waals surface area contributed by atoms with E-state index in [9.17, 15) is 8.78 Å². The molecular weight excluding hydrogens is 256 g/mol. The molecule has 0 saturated heterocycles. The van der Waals surface area contributed by atoms with Gasteiger partial charge in [0.15, 0.2) is 0 Å². The summed E-state index contributed by atoms with van der Waals surface area (Å²) in [6.07, 6.45) is 0. The maximum atomic E-state index is 13.8. The quantitative estimate of drug-likeness (QED) is 0.854. The number of rotatable bonds is 4. The molecule has 2 rings (SSSR count). The molecule has 0 saturated carbocycles. The van der Waals surface area contributed by atoms with Crippen molar-refractivity contribution in [2.45, 2.75) is 32.9 Å². The fourth-order valence-corrected chi connectivity index (χ4v) is 2.48. The van der Waals surface area contributed by atoms with Gasteiger partial charge in [0.1, 0.15) is 11.6 Å². The third-order valence-electron chi connectivity index (χ3n) is 3.58. The summed E-state index contributed by atoms with van der Waals surface area (Å²) in [4.78, 5) is 0. The van der Waals surface area contributed by atoms with E-state index in [2.05, 4.69) is 24.4 Å². The highest BCUT2D eigenvalue weighted by Gasteiger charge is 2.15. The van der Waals surface area contributed by atoms with Crippen LogP contribution in [0.4, 0.5) is 8.78 Å². The van der Waals surface area contributed by atoms with Gasteiger partial charge in [-0.2, -0.15) is 0 Å². The molecule has 0 fully saturated rings. The minimum absolute atomic E-state index is 0.0932. The first kappa shape index (κ1) is 14.7. The zero-order valence-corrected chi connectivity index (χ0v) is 12.0. The van der Waals surface area contributed by atoms with Crippen molar-refractivity contribution in [1.82, 2.24) is 5.32 Å². The van der Waals surface area contributed by atoms with Crippen LogP contribution in [0.2, 0.25) is 0 Å². The van der Waals surface area contributed by atoms with Gasteiger partial charge in [-0.1, -0.05) is 30.3 Å². The molecule has 2 aromatic rings. The van der Waals surface area contributed by atoms with E-state index >= 15 is 0 Å². The zero-order chi connectivity index (χ0) is 14.7. The highest BCUT2D eigenvalue weighted by molar-refractivity contribution is 5.29. The largest absolute Gasteiger partial charge is 0.304 e. The monoisotopic (exact) mass is 275 g/mol. The first-order chi connectivity index (χ1) is 9.49. The number of nitrogens with one attached hydrogen (secondary N) is 1. The second kappa shape index (κ2) is 6.14. The van der Waals surface area contributed by atoms with Crippen LogP contribution in [-0.2, 0) is 0 Å². The van der Waals surface area contributed by atoms with E-state index in [1.807, 2.05) is 26.0 Å². The van der Waals surface area contributed by atoms with Crippen molar-refractivity contribution in [2.24, 2.45) is 0 Å². The van der Waals surface area contributed by atoms with Crippen LogP contribution < -0.4 is 5.32 Å². The number of benzene rings is 2. The molecule has 106 valence electrons. The summed E-state index contributed by atoms with van der Waals surface area (Å²) >= 11 is 0. The molecule has 0 aliphatic heterocycles. The van der Waals surface area contributed by atoms with E-state index < -0.39 is 11.6 Å². The Balaban J connectivity index is 2.15. The minimum Gasteiger partial charge on any atom is -0.304 e. The third kappa shape index (κ3) is 3.23. The van der Waals surface area contributed by atoms with Gasteiger partial charge < -0.3 is 5.32 Å². The highest BCUT2D eigenvalue weighted by Crippen LogP contribution is 2.23. The summed E-state index contributed by atoms with van der Waals surface area (Å²) in [6.45, 7) is 5.97. The van der Waals surface area contributed by atoms with E-state index in [1.54, 1.807) is 0 Å². The Morgan fingerprint density at radius 2 is 1.55 bits per heavy atom. The number of hydrogen-bond acceptors (Lipinski definition) is 1. The lowest BCUT2D eigenvalue weighted by atomic mass is 10.0. The van der Waals surface area contributed by atoms with Gasteiger partial charge >= 0.3 is 0 Å². The van der Waals surface area contributed by atoms with Gasteiger partial charge in [0, 0.05) is 23.7 Å². The second-order valence-electron chi connectivity index (χ2n) is 5.13. The number of hydrogen-bond donors (Lipinski definition) is 1. The van der Waals surface area contributed by atoms with Crippen molar-refractivity contribution < 1.29 is 8.78 Å². The van der Waals surface area contributed by atoms with Crippen molar-refractivity contribution in [1.29, 1.82) is 0 Å². The Morgan fingerprint density at radius 1 is 0.900 bits per heavy atom. The SMILES string of the molecule is Cc1ccccc1[C@@H](C)NC(C)c1ccc(F)cc1F. The second-order valence-corrected chi connectivity index (χ2v) is 5.13. The van der Waals surface area contributed by atoms with Crippen molar-refractivity contribution in [3.8, 4) is 0 Å². The van der Waals surface area contributed by atoms with Gasteiger partial charge in [-0.3, -0.25) is 0 Å². The highest BCUT2D eigenvalue weighted by atomic mass is 19.1. The Labute approximate surface area is 118 Å². The summed E-state index contributed by atoms with van der Waals surface area (Å²) in [6, 6.07) is 11.7. The van der Waals surface area contributed by atoms with Crippen LogP contribution in [0.15, 0.2) is 42.5 Å². The zero-order valence-electron chi connectivity index (χ0n) is 12.0. The molecule has 0 spiro atoms. The average Bonchev–Trinajstić information content (AvgIpc) is 2.38. The van der Waals surface area contributed by atoms with E-state index in [-0.39, 0.29) is 12.1 Å². The van der Waals surface area contributed by atoms with Gasteiger partial charge in [-0.15, -0.1) is 0 Å².